The number of nitrogens with two attached hydrogens (primary N) is 1. The number of aliphatic hydroxyl groups is 2. The number of carbonyl (C=O) groups excluding carboxylic acids is 4. The third-order valence-corrected chi connectivity index (χ3v) is 9.90. The average Bonchev–Trinajstić information content (AvgIpc) is 2.97. The number of phenols is 1. The molecule has 5 N–H and O–H groups in total. The maximum atomic E-state index is 14.1. The number of fused-ring (bicyclic) bond motifs is 3. The molecule has 0 aliphatic heterocycles. The van der Waals surface area contributed by atoms with Gasteiger partial charge in [-0.25, -0.2) is 0 Å². The SMILES string of the molecule is CCN(CC)Cc1ccc(OC)c(-c2ccc(O)c3c2C[C@H]2C[C@H]4C(N(C)C)C(=O)C(C(N)O)C(=O)[C@@]4(O)C(=O)C2C3=O)c1. The van der Waals surface area contributed by atoms with Crippen LogP contribution in [0, 0.1) is 23.7 Å². The van der Waals surface area contributed by atoms with Gasteiger partial charge in [0.25, 0.3) is 0 Å². The van der Waals surface area contributed by atoms with E-state index in [1.165, 1.54) is 11.0 Å². The lowest BCUT2D eigenvalue weighted by Gasteiger charge is -2.53. The van der Waals surface area contributed by atoms with E-state index in [1.54, 1.807) is 27.3 Å². The van der Waals surface area contributed by atoms with Gasteiger partial charge in [0.15, 0.2) is 28.7 Å². The topological polar surface area (TPSA) is 171 Å². The minimum atomic E-state index is -2.70. The summed E-state index contributed by atoms with van der Waals surface area (Å²) in [4.78, 5) is 59.0. The van der Waals surface area contributed by atoms with Crippen molar-refractivity contribution in [2.45, 2.75) is 51.1 Å². The first-order valence-corrected chi connectivity index (χ1v) is 15.0. The number of hydrogen-bond acceptors (Lipinski definition) is 11. The number of carbonyl (C=O) groups is 4. The molecule has 0 saturated heterocycles. The number of aliphatic hydroxyl groups excluding tert-OH is 1. The van der Waals surface area contributed by atoms with Crippen molar-refractivity contribution in [3.63, 3.8) is 0 Å². The minimum Gasteiger partial charge on any atom is -0.507 e. The quantitative estimate of drug-likeness (QED) is 0.251. The summed E-state index contributed by atoms with van der Waals surface area (Å²) in [7, 11) is 4.73. The van der Waals surface area contributed by atoms with Gasteiger partial charge in [0.1, 0.15) is 23.6 Å². The Bertz CT molecular complexity index is 1520. The van der Waals surface area contributed by atoms with Crippen LogP contribution >= 0.6 is 0 Å². The lowest BCUT2D eigenvalue weighted by Crippen LogP contribution is -2.74. The van der Waals surface area contributed by atoms with Crippen molar-refractivity contribution in [3.05, 3.63) is 47.0 Å². The van der Waals surface area contributed by atoms with E-state index in [2.05, 4.69) is 18.7 Å². The number of rotatable bonds is 8. The van der Waals surface area contributed by atoms with Gasteiger partial charge < -0.3 is 25.8 Å². The lowest BCUT2D eigenvalue weighted by molar-refractivity contribution is -0.184. The summed E-state index contributed by atoms with van der Waals surface area (Å²) in [6.45, 7) is 6.62. The van der Waals surface area contributed by atoms with Crippen LogP contribution in [0.15, 0.2) is 30.3 Å². The summed E-state index contributed by atoms with van der Waals surface area (Å²) < 4.78 is 5.70. The van der Waals surface area contributed by atoms with Crippen LogP contribution in [0.5, 0.6) is 11.5 Å². The van der Waals surface area contributed by atoms with Gasteiger partial charge in [-0.05, 0) is 80.8 Å². The zero-order valence-electron chi connectivity index (χ0n) is 25.7. The summed E-state index contributed by atoms with van der Waals surface area (Å²) in [6.07, 6.45) is -1.72. The number of benzene rings is 2. The molecule has 3 aliphatic carbocycles. The fourth-order valence-electron chi connectivity index (χ4n) is 7.71. The zero-order valence-corrected chi connectivity index (χ0v) is 25.7. The molecule has 0 heterocycles. The second kappa shape index (κ2) is 11.8. The van der Waals surface area contributed by atoms with E-state index >= 15 is 0 Å². The first-order chi connectivity index (χ1) is 20.8. The van der Waals surface area contributed by atoms with Crippen molar-refractivity contribution in [2.24, 2.45) is 29.4 Å². The molecule has 0 bridgehead atoms. The largest absolute Gasteiger partial charge is 0.507 e. The van der Waals surface area contributed by atoms with Gasteiger partial charge >= 0.3 is 0 Å². The van der Waals surface area contributed by atoms with Crippen LogP contribution in [0.25, 0.3) is 11.1 Å². The number of ether oxygens (including phenoxy) is 1. The maximum absolute atomic E-state index is 14.1. The van der Waals surface area contributed by atoms with Crippen LogP contribution in [0.4, 0.5) is 0 Å². The van der Waals surface area contributed by atoms with E-state index in [4.69, 9.17) is 10.5 Å². The Morgan fingerprint density at radius 1 is 1.05 bits per heavy atom. The molecule has 0 aromatic heterocycles. The number of aromatic hydroxyl groups is 1. The van der Waals surface area contributed by atoms with Crippen LogP contribution in [-0.2, 0) is 27.3 Å². The summed E-state index contributed by atoms with van der Waals surface area (Å²) in [6, 6.07) is 7.90. The van der Waals surface area contributed by atoms with Crippen molar-refractivity contribution >= 4 is 23.1 Å². The van der Waals surface area contributed by atoms with Crippen LogP contribution in [-0.4, -0.2) is 100 Å². The van der Waals surface area contributed by atoms with Gasteiger partial charge in [0.05, 0.1) is 24.6 Å². The number of ketones is 4. The standard InChI is InChI=1S/C33H41N3O8/c1-6-36(7-2)15-16-8-11-23(44-5)19(12-16)18-9-10-22(37)25-20(18)13-17-14-21-27(35(3)4)29(39)26(32(34)42)31(41)33(21,43)30(40)24(17)28(25)38/h8-12,17,21,24,26-27,32,37,42-43H,6-7,13-15,34H2,1-5H3/t17-,21-,24?,26?,27?,32?,33-/m0/s1. The molecule has 0 amide bonds. The van der Waals surface area contributed by atoms with Crippen molar-refractivity contribution in [2.75, 3.05) is 34.3 Å². The number of phenolic OH excluding ortho intramolecular Hbond substituents is 1. The predicted octanol–water partition coefficient (Wildman–Crippen LogP) is 1.18. The van der Waals surface area contributed by atoms with Crippen molar-refractivity contribution in [1.29, 1.82) is 0 Å². The average molecular weight is 608 g/mol. The number of Topliss-reactive ketones (excluding diaryl/α,β-unsaturated/α-hetero) is 4. The summed E-state index contributed by atoms with van der Waals surface area (Å²) >= 11 is 0. The molecule has 11 heteroatoms. The summed E-state index contributed by atoms with van der Waals surface area (Å²) in [5.74, 6) is -8.34. The molecule has 2 aromatic rings. The van der Waals surface area contributed by atoms with Crippen LogP contribution in [0.3, 0.4) is 0 Å². The second-order valence-corrected chi connectivity index (χ2v) is 12.4. The fraction of sp³-hybridized carbons (Fsp3) is 0.515. The molecule has 5 rings (SSSR count). The molecule has 236 valence electrons. The monoisotopic (exact) mass is 607 g/mol. The molecule has 7 atom stereocenters. The molecule has 11 nitrogen and oxygen atoms in total. The Morgan fingerprint density at radius 2 is 1.73 bits per heavy atom. The van der Waals surface area contributed by atoms with Crippen molar-refractivity contribution < 1.29 is 39.2 Å². The van der Waals surface area contributed by atoms with Gasteiger partial charge in [-0.1, -0.05) is 26.0 Å². The Hall–Kier alpha value is -3.48. The molecule has 0 radical (unpaired) electrons. The normalized spacial score (nSPS) is 29.0. The Balaban J connectivity index is 1.64. The molecular formula is C33H41N3O8. The van der Waals surface area contributed by atoms with E-state index in [0.717, 1.165) is 24.2 Å². The van der Waals surface area contributed by atoms with Crippen LogP contribution < -0.4 is 10.5 Å². The molecule has 2 saturated carbocycles. The van der Waals surface area contributed by atoms with Crippen LogP contribution in [0.2, 0.25) is 0 Å². The smallest absolute Gasteiger partial charge is 0.187 e. The third-order valence-electron chi connectivity index (χ3n) is 9.90. The Labute approximate surface area is 256 Å². The summed E-state index contributed by atoms with van der Waals surface area (Å²) in [5.41, 5.74) is 5.83. The molecule has 44 heavy (non-hydrogen) atoms. The van der Waals surface area contributed by atoms with Crippen molar-refractivity contribution in [3.8, 4) is 22.6 Å². The number of methoxy groups -OCH3 is 1. The first-order valence-electron chi connectivity index (χ1n) is 15.0. The van der Waals surface area contributed by atoms with Gasteiger partial charge in [-0.15, -0.1) is 0 Å². The van der Waals surface area contributed by atoms with E-state index in [9.17, 15) is 34.5 Å². The van der Waals surface area contributed by atoms with Gasteiger partial charge in [0.2, 0.25) is 0 Å². The molecular weight excluding hydrogens is 566 g/mol. The lowest BCUT2D eigenvalue weighted by atomic mass is 9.52. The zero-order chi connectivity index (χ0) is 32.2. The number of hydrogen-bond donors (Lipinski definition) is 4. The van der Waals surface area contributed by atoms with Crippen LogP contribution in [0.1, 0.15) is 41.8 Å². The molecule has 2 fully saturated rings. The highest BCUT2D eigenvalue weighted by molar-refractivity contribution is 6.27. The van der Waals surface area contributed by atoms with Gasteiger partial charge in [0, 0.05) is 18.0 Å². The van der Waals surface area contributed by atoms with E-state index in [0.29, 0.717) is 23.4 Å². The highest BCUT2D eigenvalue weighted by atomic mass is 16.5. The fourth-order valence-corrected chi connectivity index (χ4v) is 7.71. The molecule has 2 aromatic carbocycles. The molecule has 0 spiro atoms. The molecule has 4 unspecified atom stereocenters. The van der Waals surface area contributed by atoms with E-state index in [-0.39, 0.29) is 24.2 Å². The number of nitrogens with zero attached hydrogens (tertiary/aromatic N) is 2. The van der Waals surface area contributed by atoms with Gasteiger partial charge in [-0.3, -0.25) is 29.0 Å². The molecule has 3 aliphatic rings. The minimum absolute atomic E-state index is 0.0139. The van der Waals surface area contributed by atoms with E-state index in [1.807, 2.05) is 18.2 Å². The highest BCUT2D eigenvalue weighted by Crippen LogP contribution is 2.52. The predicted molar refractivity (Wildman–Crippen MR) is 161 cm³/mol. The third kappa shape index (κ3) is 4.78. The van der Waals surface area contributed by atoms with Crippen molar-refractivity contribution in [1.82, 2.24) is 9.80 Å². The number of likely N-dealkylation sites (N-methyl/N-ethyl adjacent to an activating group) is 1. The summed E-state index contributed by atoms with van der Waals surface area (Å²) in [5, 5.41) is 32.9. The van der Waals surface area contributed by atoms with E-state index < -0.39 is 64.7 Å². The first kappa shape index (κ1) is 31.9. The second-order valence-electron chi connectivity index (χ2n) is 12.4. The maximum Gasteiger partial charge on any atom is 0.187 e. The highest BCUT2D eigenvalue weighted by Gasteiger charge is 2.69. The Morgan fingerprint density at radius 3 is 2.32 bits per heavy atom. The van der Waals surface area contributed by atoms with Gasteiger partial charge in [-0.2, -0.15) is 0 Å². The Kier molecular flexibility index (Phi) is 8.56.